The summed E-state index contributed by atoms with van der Waals surface area (Å²) in [5, 5.41) is 3.44. The number of amides is 1. The summed E-state index contributed by atoms with van der Waals surface area (Å²) >= 11 is 5.91. The Morgan fingerprint density at radius 2 is 1.79 bits per heavy atom. The first-order chi connectivity index (χ1) is 15.8. The number of carbonyl (C=O) groups is 1. The first-order valence-corrected chi connectivity index (χ1v) is 13.1. The molecule has 1 amide bonds. The minimum absolute atomic E-state index is 0.0997. The quantitative estimate of drug-likeness (QED) is 0.482. The number of anilines is 1. The summed E-state index contributed by atoms with van der Waals surface area (Å²) in [6.45, 7) is 5.00. The van der Waals surface area contributed by atoms with Gasteiger partial charge >= 0.3 is 0 Å². The molecule has 1 fully saturated rings. The fourth-order valence-electron chi connectivity index (χ4n) is 3.42. The van der Waals surface area contributed by atoms with Crippen molar-refractivity contribution in [2.45, 2.75) is 13.0 Å². The van der Waals surface area contributed by atoms with E-state index in [0.29, 0.717) is 23.0 Å². The number of nitrogens with one attached hydrogen (secondary N) is 1. The highest BCUT2D eigenvalue weighted by Crippen LogP contribution is 2.24. The van der Waals surface area contributed by atoms with E-state index in [1.165, 1.54) is 4.31 Å². The number of carbonyl (C=O) groups excluding carboxylic acids is 1. The monoisotopic (exact) mass is 495 g/mol. The Morgan fingerprint density at radius 3 is 2.42 bits per heavy atom. The Kier molecular flexibility index (Phi) is 9.37. The van der Waals surface area contributed by atoms with Crippen molar-refractivity contribution in [2.24, 2.45) is 0 Å². The van der Waals surface area contributed by atoms with Gasteiger partial charge in [0.25, 0.3) is 5.91 Å². The molecule has 0 saturated carbocycles. The Morgan fingerprint density at radius 1 is 1.12 bits per heavy atom. The SMILES string of the molecule is CS(=O)(=O)N(Cc1ccc(Cl)cc1)c1ccc(OCC(=O)NCCCN2CCOCC2)cc1. The van der Waals surface area contributed by atoms with Gasteiger partial charge in [0, 0.05) is 24.7 Å². The summed E-state index contributed by atoms with van der Waals surface area (Å²) < 4.78 is 36.8. The average Bonchev–Trinajstić information content (AvgIpc) is 2.80. The predicted octanol–water partition coefficient (Wildman–Crippen LogP) is 2.52. The van der Waals surface area contributed by atoms with Gasteiger partial charge in [-0.05, 0) is 54.9 Å². The number of ether oxygens (including phenoxy) is 2. The first kappa shape index (κ1) is 25.3. The van der Waals surface area contributed by atoms with E-state index in [1.807, 2.05) is 0 Å². The molecule has 0 radical (unpaired) electrons. The molecule has 1 heterocycles. The van der Waals surface area contributed by atoms with E-state index in [-0.39, 0.29) is 19.1 Å². The second-order valence-corrected chi connectivity index (χ2v) is 10.2. The number of rotatable bonds is 11. The molecule has 0 unspecified atom stereocenters. The third kappa shape index (κ3) is 8.51. The summed E-state index contributed by atoms with van der Waals surface area (Å²) in [5.41, 5.74) is 1.32. The topological polar surface area (TPSA) is 88.2 Å². The van der Waals surface area contributed by atoms with E-state index < -0.39 is 10.0 Å². The highest BCUT2D eigenvalue weighted by molar-refractivity contribution is 7.92. The lowest BCUT2D eigenvalue weighted by molar-refractivity contribution is -0.123. The number of hydrogen-bond donors (Lipinski definition) is 1. The van der Waals surface area contributed by atoms with Crippen LogP contribution in [0.5, 0.6) is 5.75 Å². The molecular formula is C23H30ClN3O5S. The molecular weight excluding hydrogens is 466 g/mol. The maximum absolute atomic E-state index is 12.3. The van der Waals surface area contributed by atoms with Crippen LogP contribution < -0.4 is 14.4 Å². The van der Waals surface area contributed by atoms with Crippen LogP contribution in [0.2, 0.25) is 5.02 Å². The van der Waals surface area contributed by atoms with Crippen molar-refractivity contribution in [3.63, 3.8) is 0 Å². The molecule has 0 atom stereocenters. The van der Waals surface area contributed by atoms with Gasteiger partial charge in [0.05, 0.1) is 31.7 Å². The van der Waals surface area contributed by atoms with Crippen LogP contribution in [0.3, 0.4) is 0 Å². The summed E-state index contributed by atoms with van der Waals surface area (Å²) in [4.78, 5) is 14.4. The maximum Gasteiger partial charge on any atom is 0.257 e. The van der Waals surface area contributed by atoms with E-state index in [2.05, 4.69) is 10.2 Å². The van der Waals surface area contributed by atoms with Crippen LogP contribution >= 0.6 is 11.6 Å². The van der Waals surface area contributed by atoms with Crippen molar-refractivity contribution >= 4 is 33.2 Å². The van der Waals surface area contributed by atoms with Gasteiger partial charge < -0.3 is 14.8 Å². The standard InChI is InChI=1S/C23H30ClN3O5S/c1-33(29,30)27(17-19-3-5-20(24)6-4-19)21-7-9-22(10-8-21)32-18-23(28)25-11-2-12-26-13-15-31-16-14-26/h3-10H,2,11-18H2,1H3,(H,25,28). The molecule has 1 saturated heterocycles. The number of sulfonamides is 1. The molecule has 8 nitrogen and oxygen atoms in total. The molecule has 10 heteroatoms. The predicted molar refractivity (Wildman–Crippen MR) is 129 cm³/mol. The third-order valence-electron chi connectivity index (χ3n) is 5.21. The third-order valence-corrected chi connectivity index (χ3v) is 6.60. The van der Waals surface area contributed by atoms with Gasteiger partial charge in [0.15, 0.2) is 6.61 Å². The fourth-order valence-corrected chi connectivity index (χ4v) is 4.43. The van der Waals surface area contributed by atoms with Crippen LogP contribution in [0.15, 0.2) is 48.5 Å². The Balaban J connectivity index is 1.46. The molecule has 0 aromatic heterocycles. The second kappa shape index (κ2) is 12.2. The fraction of sp³-hybridized carbons (Fsp3) is 0.435. The molecule has 1 N–H and O–H groups in total. The van der Waals surface area contributed by atoms with Crippen molar-refractivity contribution in [1.29, 1.82) is 0 Å². The first-order valence-electron chi connectivity index (χ1n) is 10.8. The smallest absolute Gasteiger partial charge is 0.257 e. The van der Waals surface area contributed by atoms with Gasteiger partial charge in [-0.1, -0.05) is 23.7 Å². The zero-order chi connectivity index (χ0) is 23.7. The lowest BCUT2D eigenvalue weighted by atomic mass is 10.2. The van der Waals surface area contributed by atoms with Crippen LogP contribution in [0.25, 0.3) is 0 Å². The summed E-state index contributed by atoms with van der Waals surface area (Å²) in [6, 6.07) is 13.7. The second-order valence-electron chi connectivity index (χ2n) is 7.84. The van der Waals surface area contributed by atoms with Gasteiger partial charge in [0.2, 0.25) is 10.0 Å². The molecule has 1 aliphatic rings. The van der Waals surface area contributed by atoms with Crippen molar-refractivity contribution in [1.82, 2.24) is 10.2 Å². The van der Waals surface area contributed by atoms with Crippen LogP contribution in [-0.2, 0) is 26.1 Å². The molecule has 1 aliphatic heterocycles. The van der Waals surface area contributed by atoms with E-state index in [9.17, 15) is 13.2 Å². The Labute approximate surface area is 200 Å². The molecule has 2 aromatic carbocycles. The maximum atomic E-state index is 12.3. The number of morpholine rings is 1. The highest BCUT2D eigenvalue weighted by atomic mass is 35.5. The van der Waals surface area contributed by atoms with Crippen LogP contribution in [0, 0.1) is 0 Å². The van der Waals surface area contributed by atoms with Gasteiger partial charge in [-0.3, -0.25) is 14.0 Å². The summed E-state index contributed by atoms with van der Waals surface area (Å²) in [7, 11) is -3.50. The van der Waals surface area contributed by atoms with E-state index in [4.69, 9.17) is 21.1 Å². The largest absolute Gasteiger partial charge is 0.484 e. The highest BCUT2D eigenvalue weighted by Gasteiger charge is 2.18. The van der Waals surface area contributed by atoms with E-state index in [0.717, 1.165) is 51.1 Å². The number of nitrogens with zero attached hydrogens (tertiary/aromatic N) is 2. The van der Waals surface area contributed by atoms with Crippen LogP contribution in [0.4, 0.5) is 5.69 Å². The van der Waals surface area contributed by atoms with E-state index in [1.54, 1.807) is 48.5 Å². The Bertz CT molecular complexity index is 994. The average molecular weight is 496 g/mol. The lowest BCUT2D eigenvalue weighted by Gasteiger charge is -2.26. The molecule has 2 aromatic rings. The van der Waals surface area contributed by atoms with Gasteiger partial charge in [0.1, 0.15) is 5.75 Å². The van der Waals surface area contributed by atoms with Crippen molar-refractivity contribution < 1.29 is 22.7 Å². The van der Waals surface area contributed by atoms with Crippen molar-refractivity contribution in [3.8, 4) is 5.75 Å². The van der Waals surface area contributed by atoms with Crippen molar-refractivity contribution in [3.05, 3.63) is 59.1 Å². The summed E-state index contributed by atoms with van der Waals surface area (Å²) in [6.07, 6.45) is 2.03. The van der Waals surface area contributed by atoms with Gasteiger partial charge in [-0.25, -0.2) is 8.42 Å². The molecule has 0 bridgehead atoms. The Hall–Kier alpha value is -2.33. The minimum atomic E-state index is -3.50. The van der Waals surface area contributed by atoms with Crippen LogP contribution in [0.1, 0.15) is 12.0 Å². The molecule has 33 heavy (non-hydrogen) atoms. The lowest BCUT2D eigenvalue weighted by Crippen LogP contribution is -2.38. The van der Waals surface area contributed by atoms with Gasteiger partial charge in [-0.2, -0.15) is 0 Å². The molecule has 180 valence electrons. The van der Waals surface area contributed by atoms with Gasteiger partial charge in [-0.15, -0.1) is 0 Å². The number of hydrogen-bond acceptors (Lipinski definition) is 6. The number of halogens is 1. The molecule has 0 aliphatic carbocycles. The zero-order valence-corrected chi connectivity index (χ0v) is 20.3. The van der Waals surface area contributed by atoms with E-state index >= 15 is 0 Å². The number of benzene rings is 2. The molecule has 3 rings (SSSR count). The minimum Gasteiger partial charge on any atom is -0.484 e. The summed E-state index contributed by atoms with van der Waals surface area (Å²) in [5.74, 6) is 0.295. The van der Waals surface area contributed by atoms with Crippen LogP contribution in [-0.4, -0.2) is 71.5 Å². The normalized spacial score (nSPS) is 14.6. The zero-order valence-electron chi connectivity index (χ0n) is 18.7. The van der Waals surface area contributed by atoms with Crippen molar-refractivity contribution in [2.75, 3.05) is 56.6 Å². The molecule has 0 spiro atoms.